The minimum absolute atomic E-state index is 0.0428. The van der Waals surface area contributed by atoms with Crippen molar-refractivity contribution >= 4 is 21.6 Å². The van der Waals surface area contributed by atoms with Gasteiger partial charge in [0.15, 0.2) is 0 Å². The van der Waals surface area contributed by atoms with E-state index in [0.717, 1.165) is 25.7 Å². The van der Waals surface area contributed by atoms with E-state index in [4.69, 9.17) is 11.6 Å². The molecule has 1 N–H and O–H groups in total. The summed E-state index contributed by atoms with van der Waals surface area (Å²) in [5, 5.41) is -0.176. The summed E-state index contributed by atoms with van der Waals surface area (Å²) in [6.45, 7) is 5.35. The fourth-order valence-electron chi connectivity index (χ4n) is 3.08. The Bertz CT molecular complexity index is 865. The van der Waals surface area contributed by atoms with Crippen molar-refractivity contribution in [2.24, 2.45) is 0 Å². The molecule has 1 heterocycles. The molecule has 0 amide bonds. The Morgan fingerprint density at radius 1 is 1.16 bits per heavy atom. The molecule has 0 aliphatic carbocycles. The first kappa shape index (κ1) is 18.3. The molecule has 3 rings (SSSR count). The van der Waals surface area contributed by atoms with Gasteiger partial charge in [-0.3, -0.25) is 0 Å². The van der Waals surface area contributed by atoms with Crippen LogP contribution in [0.4, 0.5) is 4.39 Å². The van der Waals surface area contributed by atoms with Crippen LogP contribution >= 0.6 is 11.6 Å². The van der Waals surface area contributed by atoms with E-state index in [9.17, 15) is 12.8 Å². The van der Waals surface area contributed by atoms with Crippen molar-refractivity contribution in [3.05, 3.63) is 64.4 Å². The molecule has 0 saturated carbocycles. The molecule has 134 valence electrons. The van der Waals surface area contributed by atoms with Gasteiger partial charge in [0.05, 0.1) is 36.1 Å². The first-order valence-electron chi connectivity index (χ1n) is 8.21. The van der Waals surface area contributed by atoms with Gasteiger partial charge in [-0.2, -0.15) is 4.31 Å². The molecular formula is C18H21ClFN2O2S+. The molecule has 0 atom stereocenters. The summed E-state index contributed by atoms with van der Waals surface area (Å²) in [4.78, 5) is 1.40. The number of rotatable bonds is 4. The number of aryl methyl sites for hydroxylation is 1. The highest BCUT2D eigenvalue weighted by Gasteiger charge is 2.30. The van der Waals surface area contributed by atoms with Crippen LogP contribution in [0, 0.1) is 12.7 Å². The highest BCUT2D eigenvalue weighted by atomic mass is 35.5. The van der Waals surface area contributed by atoms with Crippen LogP contribution in [-0.2, 0) is 16.6 Å². The molecule has 2 aromatic carbocycles. The van der Waals surface area contributed by atoms with Crippen LogP contribution in [0.15, 0.2) is 47.4 Å². The Kier molecular flexibility index (Phi) is 5.43. The van der Waals surface area contributed by atoms with Gasteiger partial charge in [0, 0.05) is 5.56 Å². The predicted molar refractivity (Wildman–Crippen MR) is 95.7 cm³/mol. The number of nitrogens with one attached hydrogen (secondary N) is 1. The van der Waals surface area contributed by atoms with E-state index in [2.05, 4.69) is 19.1 Å². The molecule has 0 unspecified atom stereocenters. The summed E-state index contributed by atoms with van der Waals surface area (Å²) >= 11 is 5.72. The number of hydrogen-bond acceptors (Lipinski definition) is 2. The predicted octanol–water partition coefficient (Wildman–Crippen LogP) is 1.88. The van der Waals surface area contributed by atoms with Gasteiger partial charge < -0.3 is 4.90 Å². The van der Waals surface area contributed by atoms with Gasteiger partial charge in [-0.05, 0) is 30.7 Å². The maximum atomic E-state index is 13.3. The van der Waals surface area contributed by atoms with Gasteiger partial charge in [-0.25, -0.2) is 12.8 Å². The summed E-state index contributed by atoms with van der Waals surface area (Å²) < 4.78 is 40.1. The molecule has 0 spiro atoms. The quantitative estimate of drug-likeness (QED) is 0.875. The van der Waals surface area contributed by atoms with Crippen LogP contribution in [0.1, 0.15) is 11.1 Å². The summed E-state index contributed by atoms with van der Waals surface area (Å²) in [6, 6.07) is 11.8. The van der Waals surface area contributed by atoms with Gasteiger partial charge in [0.1, 0.15) is 12.4 Å². The summed E-state index contributed by atoms with van der Waals surface area (Å²) in [7, 11) is -3.64. The van der Waals surface area contributed by atoms with Crippen LogP contribution in [-0.4, -0.2) is 38.9 Å². The average molecular weight is 384 g/mol. The average Bonchev–Trinajstić information content (AvgIpc) is 2.60. The van der Waals surface area contributed by atoms with E-state index in [1.165, 1.54) is 32.5 Å². The third-order valence-corrected chi connectivity index (χ3v) is 6.84. The molecular weight excluding hydrogens is 363 g/mol. The topological polar surface area (TPSA) is 41.8 Å². The summed E-state index contributed by atoms with van der Waals surface area (Å²) in [5.74, 6) is -0.617. The minimum Gasteiger partial charge on any atom is -0.329 e. The molecule has 7 heteroatoms. The second-order valence-corrected chi connectivity index (χ2v) is 8.68. The van der Waals surface area contributed by atoms with Gasteiger partial charge >= 0.3 is 0 Å². The number of halogens is 2. The Morgan fingerprint density at radius 3 is 2.48 bits per heavy atom. The number of nitrogens with zero attached hydrogens (tertiary/aromatic N) is 1. The molecule has 25 heavy (non-hydrogen) atoms. The second kappa shape index (κ2) is 7.41. The maximum absolute atomic E-state index is 13.3. The van der Waals surface area contributed by atoms with Gasteiger partial charge in [-0.15, -0.1) is 0 Å². The molecule has 0 bridgehead atoms. The molecule has 0 radical (unpaired) electrons. The van der Waals surface area contributed by atoms with Crippen LogP contribution in [0.25, 0.3) is 0 Å². The van der Waals surface area contributed by atoms with Gasteiger partial charge in [-0.1, -0.05) is 35.9 Å². The lowest BCUT2D eigenvalue weighted by Crippen LogP contribution is -3.13. The number of quaternary nitrogens is 1. The smallest absolute Gasteiger partial charge is 0.243 e. The Balaban J connectivity index is 1.67. The van der Waals surface area contributed by atoms with Crippen LogP contribution in [0.2, 0.25) is 5.02 Å². The lowest BCUT2D eigenvalue weighted by atomic mass is 10.1. The minimum atomic E-state index is -3.64. The van der Waals surface area contributed by atoms with Gasteiger partial charge in [0.2, 0.25) is 10.0 Å². The van der Waals surface area contributed by atoms with Crippen molar-refractivity contribution in [3.63, 3.8) is 0 Å². The zero-order valence-corrected chi connectivity index (χ0v) is 15.6. The highest BCUT2D eigenvalue weighted by molar-refractivity contribution is 7.89. The molecule has 2 aromatic rings. The first-order chi connectivity index (χ1) is 11.9. The van der Waals surface area contributed by atoms with Crippen molar-refractivity contribution in [2.75, 3.05) is 26.2 Å². The zero-order chi connectivity index (χ0) is 18.0. The maximum Gasteiger partial charge on any atom is 0.243 e. The molecule has 1 aliphatic rings. The number of sulfonamides is 1. The summed E-state index contributed by atoms with van der Waals surface area (Å²) in [5.41, 5.74) is 2.55. The zero-order valence-electron chi connectivity index (χ0n) is 14.0. The van der Waals surface area contributed by atoms with Crippen molar-refractivity contribution in [1.82, 2.24) is 4.31 Å². The number of hydrogen-bond donors (Lipinski definition) is 1. The first-order valence-corrected chi connectivity index (χ1v) is 10.0. The van der Waals surface area contributed by atoms with Crippen molar-refractivity contribution in [2.45, 2.75) is 18.4 Å². The van der Waals surface area contributed by atoms with E-state index in [1.54, 1.807) is 0 Å². The van der Waals surface area contributed by atoms with Crippen molar-refractivity contribution in [3.8, 4) is 0 Å². The monoisotopic (exact) mass is 383 g/mol. The Labute approximate surface area is 152 Å². The standard InChI is InChI=1S/C18H20ClFN2O2S/c1-14-4-2-3-5-15(14)13-21-8-10-22(11-9-21)25(23,24)16-6-7-18(20)17(19)12-16/h2-7,12H,8-11,13H2,1H3/p+1. The van der Waals surface area contributed by atoms with Crippen LogP contribution in [0.3, 0.4) is 0 Å². The van der Waals surface area contributed by atoms with E-state index in [-0.39, 0.29) is 9.92 Å². The van der Waals surface area contributed by atoms with E-state index < -0.39 is 15.8 Å². The van der Waals surface area contributed by atoms with Crippen LogP contribution < -0.4 is 4.90 Å². The molecule has 1 fully saturated rings. The Morgan fingerprint density at radius 2 is 1.84 bits per heavy atom. The molecule has 0 aromatic heterocycles. The third-order valence-electron chi connectivity index (χ3n) is 4.66. The van der Waals surface area contributed by atoms with Crippen molar-refractivity contribution < 1.29 is 17.7 Å². The van der Waals surface area contributed by atoms with E-state index in [1.807, 2.05) is 12.1 Å². The van der Waals surface area contributed by atoms with Crippen LogP contribution in [0.5, 0.6) is 0 Å². The highest BCUT2D eigenvalue weighted by Crippen LogP contribution is 2.22. The number of benzene rings is 2. The van der Waals surface area contributed by atoms with Crippen molar-refractivity contribution in [1.29, 1.82) is 0 Å². The summed E-state index contributed by atoms with van der Waals surface area (Å²) in [6.07, 6.45) is 0. The lowest BCUT2D eigenvalue weighted by Gasteiger charge is -2.31. The fraction of sp³-hybridized carbons (Fsp3) is 0.333. The molecule has 1 aliphatic heterocycles. The van der Waals surface area contributed by atoms with E-state index >= 15 is 0 Å². The Hall–Kier alpha value is -1.47. The SMILES string of the molecule is Cc1ccccc1C[NH+]1CCN(S(=O)(=O)c2ccc(F)c(Cl)c2)CC1. The second-order valence-electron chi connectivity index (χ2n) is 6.33. The van der Waals surface area contributed by atoms with E-state index in [0.29, 0.717) is 13.1 Å². The fourth-order valence-corrected chi connectivity index (χ4v) is 4.80. The largest absolute Gasteiger partial charge is 0.329 e. The van der Waals surface area contributed by atoms with Gasteiger partial charge in [0.25, 0.3) is 0 Å². The third kappa shape index (κ3) is 4.03. The molecule has 1 saturated heterocycles. The molecule has 4 nitrogen and oxygen atoms in total. The lowest BCUT2D eigenvalue weighted by molar-refractivity contribution is -0.917. The normalized spacial score (nSPS) is 16.9. The number of piperazine rings is 1.